The van der Waals surface area contributed by atoms with Crippen molar-refractivity contribution in [3.63, 3.8) is 0 Å². The highest BCUT2D eigenvalue weighted by molar-refractivity contribution is 7.93. The number of amides is 2. The van der Waals surface area contributed by atoms with Gasteiger partial charge in [0.05, 0.1) is 31.5 Å². The molecule has 252 valence electrons. The second kappa shape index (κ2) is 14.5. The lowest BCUT2D eigenvalue weighted by molar-refractivity contribution is 0.0535. The van der Waals surface area contributed by atoms with Gasteiger partial charge in [-0.3, -0.25) is 19.0 Å². The minimum atomic E-state index is -4.28. The molecule has 48 heavy (non-hydrogen) atoms. The quantitative estimate of drug-likeness (QED) is 0.187. The van der Waals surface area contributed by atoms with E-state index < -0.39 is 31.9 Å². The molecule has 0 spiro atoms. The number of nitrogens with one attached hydrogen (secondary N) is 2. The molecule has 0 saturated carbocycles. The number of carbonyl (C=O) groups is 2. The molecule has 1 aliphatic rings. The van der Waals surface area contributed by atoms with Gasteiger partial charge in [-0.1, -0.05) is 69.6 Å². The second-order valence-corrected chi connectivity index (χ2v) is 16.1. The van der Waals surface area contributed by atoms with Crippen LogP contribution < -0.4 is 9.44 Å². The maximum absolute atomic E-state index is 13.4. The van der Waals surface area contributed by atoms with Crippen molar-refractivity contribution in [1.29, 1.82) is 0 Å². The summed E-state index contributed by atoms with van der Waals surface area (Å²) in [5, 5.41) is 0.472. The lowest BCUT2D eigenvalue weighted by Gasteiger charge is -2.35. The molecule has 18 heteroatoms. The van der Waals surface area contributed by atoms with E-state index in [4.69, 9.17) is 69.6 Å². The summed E-state index contributed by atoms with van der Waals surface area (Å²) in [4.78, 5) is 29.0. The first kappa shape index (κ1) is 36.3. The van der Waals surface area contributed by atoms with E-state index in [9.17, 15) is 26.4 Å². The third-order valence-electron chi connectivity index (χ3n) is 7.13. The van der Waals surface area contributed by atoms with Crippen LogP contribution in [0.1, 0.15) is 20.7 Å². The molecule has 10 nitrogen and oxygen atoms in total. The molecule has 0 atom stereocenters. The number of rotatable bonds is 8. The number of anilines is 2. The van der Waals surface area contributed by atoms with Crippen LogP contribution in [0.25, 0.3) is 0 Å². The average molecular weight is 811 g/mol. The topological polar surface area (TPSA) is 133 Å². The Hall–Kier alpha value is -2.94. The molecule has 2 amide bonds. The number of hydrogen-bond donors (Lipinski definition) is 2. The molecule has 4 aromatic rings. The molecule has 0 unspecified atom stereocenters. The maximum Gasteiger partial charge on any atom is 0.263 e. The Morgan fingerprint density at radius 2 is 0.833 bits per heavy atom. The summed E-state index contributed by atoms with van der Waals surface area (Å²) in [7, 11) is -8.56. The van der Waals surface area contributed by atoms with Crippen LogP contribution in [0.3, 0.4) is 0 Å². The Labute approximate surface area is 306 Å². The zero-order valence-corrected chi connectivity index (χ0v) is 30.4. The average Bonchev–Trinajstić information content (AvgIpc) is 3.04. The molecular weight excluding hydrogens is 789 g/mol. The van der Waals surface area contributed by atoms with E-state index in [1.54, 1.807) is 0 Å². The third-order valence-corrected chi connectivity index (χ3v) is 12.0. The summed E-state index contributed by atoms with van der Waals surface area (Å²) >= 11 is 36.6. The molecular formula is C30H22Cl6N4O6S2. The summed E-state index contributed by atoms with van der Waals surface area (Å²) in [6, 6.07) is 16.2. The van der Waals surface area contributed by atoms with Crippen molar-refractivity contribution in [3.8, 4) is 0 Å². The fraction of sp³-hybridized carbons (Fsp3) is 0.133. The van der Waals surface area contributed by atoms with E-state index in [-0.39, 0.29) is 88.6 Å². The number of sulfonamides is 2. The van der Waals surface area contributed by atoms with Gasteiger partial charge in [-0.2, -0.15) is 0 Å². The summed E-state index contributed by atoms with van der Waals surface area (Å²) in [5.74, 6) is -0.969. The van der Waals surface area contributed by atoms with Gasteiger partial charge in [-0.15, -0.1) is 0 Å². The standard InChI is InChI=1S/C30H22Cl6N4O6S2/c31-19-3-7-21(33)25(15-19)37-47(43,44)27-13-17(1-5-23(27)35)29(41)39-9-11-40(12-10-39)30(42)18-2-6-24(36)28(14-18)48(45,46)38-26-16-20(32)4-8-22(26)34/h1-8,13-16,37-38H,9-12H2. The summed E-state index contributed by atoms with van der Waals surface area (Å²) in [6.45, 7) is 0.441. The van der Waals surface area contributed by atoms with E-state index >= 15 is 0 Å². The monoisotopic (exact) mass is 808 g/mol. The highest BCUT2D eigenvalue weighted by atomic mass is 35.5. The van der Waals surface area contributed by atoms with Crippen LogP contribution in [0.2, 0.25) is 30.1 Å². The number of benzene rings is 4. The van der Waals surface area contributed by atoms with Gasteiger partial charge >= 0.3 is 0 Å². The van der Waals surface area contributed by atoms with Crippen molar-refractivity contribution in [2.24, 2.45) is 0 Å². The molecule has 1 fully saturated rings. The largest absolute Gasteiger partial charge is 0.335 e. The van der Waals surface area contributed by atoms with Crippen LogP contribution in [0.4, 0.5) is 11.4 Å². The number of halogens is 6. The van der Waals surface area contributed by atoms with Gasteiger partial charge in [-0.25, -0.2) is 16.8 Å². The van der Waals surface area contributed by atoms with Crippen LogP contribution >= 0.6 is 69.6 Å². The molecule has 4 aromatic carbocycles. The minimum Gasteiger partial charge on any atom is -0.335 e. The van der Waals surface area contributed by atoms with Crippen LogP contribution in [0.15, 0.2) is 82.6 Å². The molecule has 1 heterocycles. The van der Waals surface area contributed by atoms with E-state index in [0.717, 1.165) is 12.1 Å². The fourth-order valence-electron chi connectivity index (χ4n) is 4.71. The van der Waals surface area contributed by atoms with Gasteiger partial charge in [0.1, 0.15) is 9.79 Å². The molecule has 2 N–H and O–H groups in total. The minimum absolute atomic E-state index is 0.0323. The first-order valence-electron chi connectivity index (χ1n) is 13.7. The van der Waals surface area contributed by atoms with E-state index in [1.807, 2.05) is 0 Å². The van der Waals surface area contributed by atoms with Gasteiger partial charge in [0.2, 0.25) is 0 Å². The third kappa shape index (κ3) is 8.09. The Morgan fingerprint density at radius 1 is 0.500 bits per heavy atom. The van der Waals surface area contributed by atoms with Crippen molar-refractivity contribution in [1.82, 2.24) is 9.80 Å². The Balaban J connectivity index is 1.28. The summed E-state index contributed by atoms with van der Waals surface area (Å²) < 4.78 is 57.4. The lowest BCUT2D eigenvalue weighted by atomic mass is 10.1. The van der Waals surface area contributed by atoms with Gasteiger partial charge in [0.25, 0.3) is 31.9 Å². The molecule has 1 aliphatic heterocycles. The molecule has 0 bridgehead atoms. The number of carbonyl (C=O) groups excluding carboxylic acids is 2. The number of piperazine rings is 1. The molecule has 0 aliphatic carbocycles. The van der Waals surface area contributed by atoms with Gasteiger partial charge < -0.3 is 9.80 Å². The zero-order valence-electron chi connectivity index (χ0n) is 24.2. The Bertz CT molecular complexity index is 2010. The smallest absolute Gasteiger partial charge is 0.263 e. The van der Waals surface area contributed by atoms with Crippen LogP contribution in [0.5, 0.6) is 0 Å². The van der Waals surface area contributed by atoms with E-state index in [2.05, 4.69) is 9.44 Å². The van der Waals surface area contributed by atoms with E-state index in [0.29, 0.717) is 0 Å². The number of hydrogen-bond acceptors (Lipinski definition) is 6. The van der Waals surface area contributed by atoms with Gasteiger partial charge in [0, 0.05) is 47.4 Å². The van der Waals surface area contributed by atoms with Crippen LogP contribution in [0, 0.1) is 0 Å². The molecule has 0 radical (unpaired) electrons. The molecule has 5 rings (SSSR count). The Kier molecular flexibility index (Phi) is 11.0. The summed E-state index contributed by atoms with van der Waals surface area (Å²) in [6.07, 6.45) is 0. The first-order valence-corrected chi connectivity index (χ1v) is 18.9. The van der Waals surface area contributed by atoms with Gasteiger partial charge in [0.15, 0.2) is 0 Å². The summed E-state index contributed by atoms with van der Waals surface area (Å²) in [5.41, 5.74) is 0.169. The van der Waals surface area contributed by atoms with Crippen molar-refractivity contribution in [2.75, 3.05) is 35.6 Å². The van der Waals surface area contributed by atoms with Crippen molar-refractivity contribution < 1.29 is 26.4 Å². The van der Waals surface area contributed by atoms with Crippen LogP contribution in [-0.2, 0) is 20.0 Å². The highest BCUT2D eigenvalue weighted by Crippen LogP contribution is 2.32. The zero-order chi connectivity index (χ0) is 35.0. The van der Waals surface area contributed by atoms with E-state index in [1.165, 1.54) is 70.5 Å². The van der Waals surface area contributed by atoms with Crippen molar-refractivity contribution >= 4 is 113 Å². The predicted octanol–water partition coefficient (Wildman–Crippen LogP) is 7.81. The SMILES string of the molecule is O=C(c1ccc(Cl)c(S(=O)(=O)Nc2cc(Cl)ccc2Cl)c1)N1CCN(C(=O)c2ccc(Cl)c(S(=O)(=O)Nc3cc(Cl)ccc3Cl)c2)CC1. The van der Waals surface area contributed by atoms with Crippen molar-refractivity contribution in [3.05, 3.63) is 114 Å². The lowest BCUT2D eigenvalue weighted by Crippen LogP contribution is -2.50. The fourth-order valence-corrected chi connectivity index (χ4v) is 8.69. The highest BCUT2D eigenvalue weighted by Gasteiger charge is 2.29. The molecule has 1 saturated heterocycles. The molecule has 0 aromatic heterocycles. The Morgan fingerprint density at radius 3 is 1.19 bits per heavy atom. The number of nitrogens with zero attached hydrogens (tertiary/aromatic N) is 2. The maximum atomic E-state index is 13.4. The second-order valence-electron chi connectivity index (χ2n) is 10.3. The van der Waals surface area contributed by atoms with Gasteiger partial charge in [-0.05, 0) is 72.8 Å². The van der Waals surface area contributed by atoms with Crippen LogP contribution in [-0.4, -0.2) is 64.6 Å². The van der Waals surface area contributed by atoms with Crippen molar-refractivity contribution in [2.45, 2.75) is 9.79 Å². The predicted molar refractivity (Wildman–Crippen MR) is 189 cm³/mol. The normalized spacial score (nSPS) is 13.7. The first-order chi connectivity index (χ1) is 22.6.